The fraction of sp³-hybridized carbons (Fsp3) is 0.125. The van der Waals surface area contributed by atoms with E-state index in [0.29, 0.717) is 34.8 Å². The summed E-state index contributed by atoms with van der Waals surface area (Å²) in [5.41, 5.74) is 2.64. The second-order valence-corrected chi connectivity index (χ2v) is 7.51. The maximum Gasteiger partial charge on any atom is 0.335 e. The number of carboxylic acid groups (broad SMARTS) is 2. The van der Waals surface area contributed by atoms with E-state index in [1.54, 1.807) is 6.92 Å². The van der Waals surface area contributed by atoms with Crippen molar-refractivity contribution >= 4 is 35.3 Å². The number of carboxylic acids is 2. The van der Waals surface area contributed by atoms with Gasteiger partial charge in [0.05, 0.1) is 45.0 Å². The van der Waals surface area contributed by atoms with Gasteiger partial charge in [0.25, 0.3) is 5.91 Å². The minimum Gasteiger partial charge on any atom is -0.493 e. The van der Waals surface area contributed by atoms with Crippen LogP contribution in [0.1, 0.15) is 45.8 Å². The number of aromatic nitrogens is 2. The van der Waals surface area contributed by atoms with Gasteiger partial charge in [0, 0.05) is 0 Å². The Labute approximate surface area is 193 Å². The van der Waals surface area contributed by atoms with Crippen molar-refractivity contribution in [3.05, 3.63) is 76.5 Å². The molecule has 10 nitrogen and oxygen atoms in total. The standard InChI is InChI=1S/C24H20N4O6/c1-3-20-19(22(30)28(26-20)17-10-6-15(7-11-17)24(33)34)12-18-13(2)25-27(21(18)29)16-8-4-14(5-9-16)23(31)32/h4-12,30H,3H2,1-2H3,(H,31,32)(H,33,34)/b18-12-. The molecule has 0 fully saturated rings. The van der Waals surface area contributed by atoms with Gasteiger partial charge in [-0.3, -0.25) is 4.79 Å². The van der Waals surface area contributed by atoms with E-state index in [-0.39, 0.29) is 22.6 Å². The Kier molecular flexibility index (Phi) is 5.72. The first-order valence-corrected chi connectivity index (χ1v) is 10.3. The summed E-state index contributed by atoms with van der Waals surface area (Å²) >= 11 is 0. The predicted molar refractivity (Wildman–Crippen MR) is 124 cm³/mol. The minimum absolute atomic E-state index is 0.0909. The van der Waals surface area contributed by atoms with Gasteiger partial charge in [0.2, 0.25) is 5.88 Å². The van der Waals surface area contributed by atoms with Crippen LogP contribution in [0.4, 0.5) is 5.69 Å². The zero-order valence-electron chi connectivity index (χ0n) is 18.3. The molecule has 0 radical (unpaired) electrons. The molecule has 0 saturated carbocycles. The number of nitrogens with zero attached hydrogens (tertiary/aromatic N) is 4. The van der Waals surface area contributed by atoms with Gasteiger partial charge in [0.15, 0.2) is 0 Å². The fourth-order valence-corrected chi connectivity index (χ4v) is 3.55. The Morgan fingerprint density at radius 3 is 1.97 bits per heavy atom. The summed E-state index contributed by atoms with van der Waals surface area (Å²) in [6.07, 6.45) is 1.99. The van der Waals surface area contributed by atoms with Gasteiger partial charge >= 0.3 is 11.9 Å². The van der Waals surface area contributed by atoms with Crippen LogP contribution in [-0.2, 0) is 11.2 Å². The lowest BCUT2D eigenvalue weighted by molar-refractivity contribution is -0.114. The highest BCUT2D eigenvalue weighted by atomic mass is 16.4. The van der Waals surface area contributed by atoms with E-state index in [4.69, 9.17) is 10.2 Å². The molecule has 10 heteroatoms. The number of aromatic carboxylic acids is 2. The summed E-state index contributed by atoms with van der Waals surface area (Å²) in [4.78, 5) is 35.3. The van der Waals surface area contributed by atoms with Gasteiger partial charge in [-0.15, -0.1) is 0 Å². The highest BCUT2D eigenvalue weighted by molar-refractivity contribution is 6.32. The topological polar surface area (TPSA) is 145 Å². The van der Waals surface area contributed by atoms with Crippen molar-refractivity contribution in [2.75, 3.05) is 5.01 Å². The van der Waals surface area contributed by atoms with Crippen molar-refractivity contribution in [1.29, 1.82) is 0 Å². The molecule has 1 aromatic heterocycles. The molecule has 1 aliphatic heterocycles. The van der Waals surface area contributed by atoms with Crippen molar-refractivity contribution in [3.63, 3.8) is 0 Å². The van der Waals surface area contributed by atoms with E-state index < -0.39 is 17.8 Å². The van der Waals surface area contributed by atoms with Gasteiger partial charge in [-0.25, -0.2) is 14.3 Å². The summed E-state index contributed by atoms with van der Waals surface area (Å²) in [7, 11) is 0. The van der Waals surface area contributed by atoms with Crippen molar-refractivity contribution in [2.24, 2.45) is 5.10 Å². The molecule has 2 heterocycles. The average molecular weight is 460 g/mol. The number of carbonyl (C=O) groups excluding carboxylic acids is 1. The van der Waals surface area contributed by atoms with Gasteiger partial charge in [-0.2, -0.15) is 15.2 Å². The van der Waals surface area contributed by atoms with Crippen LogP contribution < -0.4 is 5.01 Å². The average Bonchev–Trinajstić information content (AvgIpc) is 3.30. The number of rotatable bonds is 6. The van der Waals surface area contributed by atoms with Crippen molar-refractivity contribution in [1.82, 2.24) is 9.78 Å². The van der Waals surface area contributed by atoms with Crippen LogP contribution in [0.25, 0.3) is 11.8 Å². The monoisotopic (exact) mass is 460 g/mol. The van der Waals surface area contributed by atoms with E-state index in [0.717, 1.165) is 0 Å². The molecular weight excluding hydrogens is 440 g/mol. The molecule has 3 N–H and O–H groups in total. The number of benzene rings is 2. The van der Waals surface area contributed by atoms with Crippen LogP contribution in [0, 0.1) is 0 Å². The van der Waals surface area contributed by atoms with E-state index in [1.807, 2.05) is 6.92 Å². The lowest BCUT2D eigenvalue weighted by Crippen LogP contribution is -2.21. The molecule has 0 atom stereocenters. The van der Waals surface area contributed by atoms with E-state index in [2.05, 4.69) is 10.2 Å². The van der Waals surface area contributed by atoms with E-state index in [1.165, 1.54) is 64.3 Å². The molecule has 1 aliphatic rings. The van der Waals surface area contributed by atoms with Crippen molar-refractivity contribution in [3.8, 4) is 11.6 Å². The van der Waals surface area contributed by atoms with Crippen molar-refractivity contribution in [2.45, 2.75) is 20.3 Å². The van der Waals surface area contributed by atoms with Gasteiger partial charge in [0.1, 0.15) is 0 Å². The number of amides is 1. The first kappa shape index (κ1) is 22.5. The van der Waals surface area contributed by atoms with E-state index in [9.17, 15) is 19.5 Å². The Bertz CT molecular complexity index is 1370. The summed E-state index contributed by atoms with van der Waals surface area (Å²) in [6, 6.07) is 11.6. The van der Waals surface area contributed by atoms with Crippen LogP contribution in [0.3, 0.4) is 0 Å². The number of aromatic hydroxyl groups is 1. The number of aryl methyl sites for hydroxylation is 1. The zero-order valence-corrected chi connectivity index (χ0v) is 18.3. The highest BCUT2D eigenvalue weighted by Gasteiger charge is 2.30. The molecule has 0 bridgehead atoms. The SMILES string of the molecule is CCc1nn(-c2ccc(C(=O)O)cc2)c(O)c1/C=C1\C(=O)N(c2ccc(C(=O)O)cc2)N=C1C. The normalized spacial score (nSPS) is 14.5. The number of carbonyl (C=O) groups is 3. The van der Waals surface area contributed by atoms with E-state index >= 15 is 0 Å². The van der Waals surface area contributed by atoms with Gasteiger partial charge in [-0.1, -0.05) is 6.92 Å². The number of hydrazone groups is 1. The first-order valence-electron chi connectivity index (χ1n) is 10.3. The quantitative estimate of drug-likeness (QED) is 0.478. The second kappa shape index (κ2) is 8.66. The maximum atomic E-state index is 13.1. The molecule has 34 heavy (non-hydrogen) atoms. The van der Waals surface area contributed by atoms with Crippen LogP contribution in [0.2, 0.25) is 0 Å². The molecule has 4 rings (SSSR count). The molecule has 0 unspecified atom stereocenters. The molecule has 3 aromatic rings. The summed E-state index contributed by atoms with van der Waals surface area (Å²) < 4.78 is 1.28. The minimum atomic E-state index is -1.07. The first-order chi connectivity index (χ1) is 16.2. The third-order valence-electron chi connectivity index (χ3n) is 5.38. The number of hydrogen-bond acceptors (Lipinski definition) is 6. The van der Waals surface area contributed by atoms with Crippen LogP contribution in [0.15, 0.2) is 59.2 Å². The summed E-state index contributed by atoms with van der Waals surface area (Å²) in [6.45, 7) is 3.52. The smallest absolute Gasteiger partial charge is 0.335 e. The van der Waals surface area contributed by atoms with Crippen LogP contribution in [0.5, 0.6) is 5.88 Å². The number of anilines is 1. The molecule has 0 aliphatic carbocycles. The lowest BCUT2D eigenvalue weighted by Gasteiger charge is -2.11. The predicted octanol–water partition coefficient (Wildman–Crippen LogP) is 3.34. The largest absolute Gasteiger partial charge is 0.493 e. The maximum absolute atomic E-state index is 13.1. The highest BCUT2D eigenvalue weighted by Crippen LogP contribution is 2.31. The van der Waals surface area contributed by atoms with Crippen molar-refractivity contribution < 1.29 is 29.7 Å². The second-order valence-electron chi connectivity index (χ2n) is 7.51. The Balaban J connectivity index is 1.70. The lowest BCUT2D eigenvalue weighted by atomic mass is 10.1. The third-order valence-corrected chi connectivity index (χ3v) is 5.38. The molecule has 0 saturated heterocycles. The number of hydrogen-bond donors (Lipinski definition) is 3. The van der Waals surface area contributed by atoms with Crippen LogP contribution in [-0.4, -0.2) is 48.7 Å². The molecular formula is C24H20N4O6. The van der Waals surface area contributed by atoms with Gasteiger partial charge < -0.3 is 15.3 Å². The zero-order chi connectivity index (χ0) is 24.6. The van der Waals surface area contributed by atoms with Crippen LogP contribution >= 0.6 is 0 Å². The summed E-state index contributed by atoms with van der Waals surface area (Å²) in [5, 5.41) is 38.9. The molecule has 2 aromatic carbocycles. The van der Waals surface area contributed by atoms with Gasteiger partial charge in [-0.05, 0) is 68.0 Å². The Morgan fingerprint density at radius 1 is 0.941 bits per heavy atom. The third kappa shape index (κ3) is 3.92. The molecule has 0 spiro atoms. The Hall–Kier alpha value is -4.73. The molecule has 1 amide bonds. The summed E-state index contributed by atoms with van der Waals surface area (Å²) in [5.74, 6) is -2.76. The molecule has 172 valence electrons. The fourth-order valence-electron chi connectivity index (χ4n) is 3.55. The Morgan fingerprint density at radius 2 is 1.47 bits per heavy atom.